The zero-order valence-electron chi connectivity index (χ0n) is 15.6. The van der Waals surface area contributed by atoms with Gasteiger partial charge < -0.3 is 15.4 Å². The summed E-state index contributed by atoms with van der Waals surface area (Å²) in [6, 6.07) is 6.96. The molecule has 148 valence electrons. The van der Waals surface area contributed by atoms with Crippen molar-refractivity contribution in [2.24, 2.45) is 4.99 Å². The molecule has 27 heavy (non-hydrogen) atoms. The summed E-state index contributed by atoms with van der Waals surface area (Å²) in [7, 11) is 1.66. The van der Waals surface area contributed by atoms with Gasteiger partial charge in [0, 0.05) is 42.4 Å². The van der Waals surface area contributed by atoms with E-state index in [2.05, 4.69) is 41.4 Å². The number of benzene rings is 1. The summed E-state index contributed by atoms with van der Waals surface area (Å²) in [5.74, 6) is 0.729. The van der Waals surface area contributed by atoms with Gasteiger partial charge in [0.2, 0.25) is 0 Å². The van der Waals surface area contributed by atoms with E-state index < -0.39 is 6.61 Å². The van der Waals surface area contributed by atoms with E-state index in [1.54, 1.807) is 19.2 Å². The number of guanidine groups is 1. The molecule has 6 nitrogen and oxygen atoms in total. The van der Waals surface area contributed by atoms with Crippen LogP contribution in [0.5, 0.6) is 5.75 Å². The van der Waals surface area contributed by atoms with Gasteiger partial charge in [-0.2, -0.15) is 13.9 Å². The van der Waals surface area contributed by atoms with E-state index in [-0.39, 0.29) is 5.75 Å². The SMILES string of the molecule is CN=C(NCCCn1nc(C)cc1C)NCc1cc(Br)ccc1OC(F)F. The van der Waals surface area contributed by atoms with Crippen LogP contribution in [-0.4, -0.2) is 35.9 Å². The molecule has 1 aromatic carbocycles. The summed E-state index contributed by atoms with van der Waals surface area (Å²) in [4.78, 5) is 4.15. The van der Waals surface area contributed by atoms with Gasteiger partial charge in [-0.25, -0.2) is 0 Å². The van der Waals surface area contributed by atoms with Crippen molar-refractivity contribution >= 4 is 21.9 Å². The van der Waals surface area contributed by atoms with Gasteiger partial charge in [-0.15, -0.1) is 0 Å². The Morgan fingerprint density at radius 3 is 2.70 bits per heavy atom. The molecule has 0 aliphatic carbocycles. The van der Waals surface area contributed by atoms with Crippen LogP contribution in [0.2, 0.25) is 0 Å². The Kier molecular flexibility index (Phi) is 8.02. The van der Waals surface area contributed by atoms with Crippen LogP contribution in [0.4, 0.5) is 8.78 Å². The number of alkyl halides is 2. The van der Waals surface area contributed by atoms with Crippen LogP contribution in [0, 0.1) is 13.8 Å². The molecule has 1 aromatic heterocycles. The highest BCUT2D eigenvalue weighted by atomic mass is 79.9. The summed E-state index contributed by atoms with van der Waals surface area (Å²) in [5, 5.41) is 10.7. The zero-order valence-corrected chi connectivity index (χ0v) is 17.2. The topological polar surface area (TPSA) is 63.5 Å². The number of aryl methyl sites for hydroxylation is 3. The van der Waals surface area contributed by atoms with E-state index in [1.165, 1.54) is 6.07 Å². The molecule has 0 fully saturated rings. The van der Waals surface area contributed by atoms with Crippen molar-refractivity contribution in [2.75, 3.05) is 13.6 Å². The molecular weight excluding hydrogens is 420 g/mol. The summed E-state index contributed by atoms with van der Waals surface area (Å²) < 4.78 is 32.4. The van der Waals surface area contributed by atoms with E-state index in [4.69, 9.17) is 0 Å². The molecule has 1 heterocycles. The molecule has 0 saturated heterocycles. The van der Waals surface area contributed by atoms with E-state index in [1.807, 2.05) is 24.6 Å². The predicted octanol–water partition coefficient (Wildman–Crippen LogP) is 3.62. The number of aliphatic imine (C=N–C) groups is 1. The average molecular weight is 444 g/mol. The minimum atomic E-state index is -2.86. The third-order valence-electron chi connectivity index (χ3n) is 3.85. The zero-order chi connectivity index (χ0) is 19.8. The Labute approximate surface area is 166 Å². The second kappa shape index (κ2) is 10.2. The molecule has 2 aromatic rings. The van der Waals surface area contributed by atoms with Crippen molar-refractivity contribution < 1.29 is 13.5 Å². The fourth-order valence-corrected chi connectivity index (χ4v) is 3.04. The first-order valence-electron chi connectivity index (χ1n) is 8.58. The Bertz CT molecular complexity index is 779. The first kappa shape index (κ1) is 21.1. The fraction of sp³-hybridized carbons (Fsp3) is 0.444. The molecule has 0 unspecified atom stereocenters. The van der Waals surface area contributed by atoms with E-state index in [0.29, 0.717) is 24.6 Å². The number of halogens is 3. The first-order valence-corrected chi connectivity index (χ1v) is 9.37. The second-order valence-corrected chi connectivity index (χ2v) is 6.90. The smallest absolute Gasteiger partial charge is 0.387 e. The summed E-state index contributed by atoms with van der Waals surface area (Å²) in [6.07, 6.45) is 0.874. The van der Waals surface area contributed by atoms with Crippen LogP contribution in [0.25, 0.3) is 0 Å². The minimum absolute atomic E-state index is 0.140. The molecule has 0 aliphatic heterocycles. The standard InChI is InChI=1S/C18H24BrF2N5O/c1-12-9-13(2)26(25-12)8-4-7-23-18(22-3)24-11-14-10-15(19)5-6-16(14)27-17(20)21/h5-6,9-10,17H,4,7-8,11H2,1-3H3,(H2,22,23,24). The number of hydrogen-bond acceptors (Lipinski definition) is 3. The lowest BCUT2D eigenvalue weighted by atomic mass is 10.2. The van der Waals surface area contributed by atoms with E-state index >= 15 is 0 Å². The largest absolute Gasteiger partial charge is 0.434 e. The molecule has 0 bridgehead atoms. The lowest BCUT2D eigenvalue weighted by molar-refractivity contribution is -0.0504. The highest BCUT2D eigenvalue weighted by Gasteiger charge is 2.11. The molecule has 2 N–H and O–H groups in total. The monoisotopic (exact) mass is 443 g/mol. The minimum Gasteiger partial charge on any atom is -0.434 e. The Hall–Kier alpha value is -2.16. The van der Waals surface area contributed by atoms with Crippen LogP contribution in [0.15, 0.2) is 33.7 Å². The van der Waals surface area contributed by atoms with Crippen molar-refractivity contribution in [1.29, 1.82) is 0 Å². The Morgan fingerprint density at radius 2 is 2.07 bits per heavy atom. The molecule has 0 atom stereocenters. The third kappa shape index (κ3) is 6.82. The summed E-state index contributed by atoms with van der Waals surface area (Å²) in [6.45, 7) is 2.96. The molecule has 9 heteroatoms. The number of rotatable bonds is 8. The average Bonchev–Trinajstić information content (AvgIpc) is 2.93. The maximum absolute atomic E-state index is 12.5. The molecule has 0 amide bonds. The normalized spacial score (nSPS) is 11.7. The molecule has 0 spiro atoms. The van der Waals surface area contributed by atoms with Crippen molar-refractivity contribution in [3.05, 3.63) is 45.7 Å². The van der Waals surface area contributed by atoms with Crippen molar-refractivity contribution in [3.63, 3.8) is 0 Å². The highest BCUT2D eigenvalue weighted by Crippen LogP contribution is 2.24. The highest BCUT2D eigenvalue weighted by molar-refractivity contribution is 9.10. The molecule has 2 rings (SSSR count). The molecular formula is C18H24BrF2N5O. The number of aromatic nitrogens is 2. The third-order valence-corrected chi connectivity index (χ3v) is 4.34. The lowest BCUT2D eigenvalue weighted by Gasteiger charge is -2.15. The Balaban J connectivity index is 1.83. The number of nitrogens with one attached hydrogen (secondary N) is 2. The van der Waals surface area contributed by atoms with Gasteiger partial charge in [-0.3, -0.25) is 9.67 Å². The quantitative estimate of drug-likeness (QED) is 0.371. The number of nitrogens with zero attached hydrogens (tertiary/aromatic N) is 3. The van der Waals surface area contributed by atoms with E-state index in [0.717, 1.165) is 28.8 Å². The molecule has 0 radical (unpaired) electrons. The molecule has 0 saturated carbocycles. The van der Waals surface area contributed by atoms with Crippen LogP contribution in [0.1, 0.15) is 23.4 Å². The van der Waals surface area contributed by atoms with Gasteiger partial charge >= 0.3 is 6.61 Å². The van der Waals surface area contributed by atoms with Gasteiger partial charge in [0.25, 0.3) is 0 Å². The second-order valence-electron chi connectivity index (χ2n) is 5.99. The summed E-state index contributed by atoms with van der Waals surface area (Å²) in [5.41, 5.74) is 2.75. The van der Waals surface area contributed by atoms with Crippen LogP contribution < -0.4 is 15.4 Å². The number of hydrogen-bond donors (Lipinski definition) is 2. The van der Waals surface area contributed by atoms with Crippen LogP contribution >= 0.6 is 15.9 Å². The van der Waals surface area contributed by atoms with Gasteiger partial charge in [0.1, 0.15) is 5.75 Å². The number of ether oxygens (including phenoxy) is 1. The maximum Gasteiger partial charge on any atom is 0.387 e. The van der Waals surface area contributed by atoms with E-state index in [9.17, 15) is 8.78 Å². The first-order chi connectivity index (χ1) is 12.9. The van der Waals surface area contributed by atoms with Crippen molar-refractivity contribution in [1.82, 2.24) is 20.4 Å². The summed E-state index contributed by atoms with van der Waals surface area (Å²) >= 11 is 3.34. The van der Waals surface area contributed by atoms with Crippen molar-refractivity contribution in [2.45, 2.75) is 40.0 Å². The van der Waals surface area contributed by atoms with Crippen LogP contribution in [0.3, 0.4) is 0 Å². The predicted molar refractivity (Wildman–Crippen MR) is 105 cm³/mol. The van der Waals surface area contributed by atoms with Crippen molar-refractivity contribution in [3.8, 4) is 5.75 Å². The lowest BCUT2D eigenvalue weighted by Crippen LogP contribution is -2.37. The van der Waals surface area contributed by atoms with Gasteiger partial charge in [-0.05, 0) is 44.5 Å². The van der Waals surface area contributed by atoms with Gasteiger partial charge in [0.15, 0.2) is 5.96 Å². The molecule has 0 aliphatic rings. The van der Waals surface area contributed by atoms with Crippen LogP contribution in [-0.2, 0) is 13.1 Å². The van der Waals surface area contributed by atoms with Gasteiger partial charge in [-0.1, -0.05) is 15.9 Å². The maximum atomic E-state index is 12.5. The fourth-order valence-electron chi connectivity index (χ4n) is 2.63. The Morgan fingerprint density at radius 1 is 1.30 bits per heavy atom. The van der Waals surface area contributed by atoms with Gasteiger partial charge in [0.05, 0.1) is 5.69 Å².